The highest BCUT2D eigenvalue weighted by atomic mass is 32.1. The van der Waals surface area contributed by atoms with Gasteiger partial charge < -0.3 is 5.73 Å². The number of nitrogens with zero attached hydrogens (tertiary/aromatic N) is 2. The number of rotatable bonds is 2. The van der Waals surface area contributed by atoms with E-state index in [0.29, 0.717) is 6.54 Å². The van der Waals surface area contributed by atoms with Gasteiger partial charge in [-0.2, -0.15) is 0 Å². The van der Waals surface area contributed by atoms with E-state index in [1.165, 1.54) is 0 Å². The van der Waals surface area contributed by atoms with E-state index in [2.05, 4.69) is 9.97 Å². The third-order valence-corrected chi connectivity index (χ3v) is 2.92. The summed E-state index contributed by atoms with van der Waals surface area (Å²) in [5.74, 6) is 0. The second-order valence-electron chi connectivity index (χ2n) is 2.98. The fourth-order valence-electron chi connectivity index (χ4n) is 1.23. The molecule has 0 amide bonds. The van der Waals surface area contributed by atoms with Gasteiger partial charge in [0.15, 0.2) is 0 Å². The van der Waals surface area contributed by atoms with Crippen molar-refractivity contribution in [1.82, 2.24) is 9.97 Å². The SMILES string of the molecule is Cc1ncccc1-c1nc(CN)cs1. The van der Waals surface area contributed by atoms with Crippen LogP contribution in [0.1, 0.15) is 11.4 Å². The highest BCUT2D eigenvalue weighted by Gasteiger charge is 2.06. The standard InChI is InChI=1S/C10H11N3S/c1-7-9(3-2-4-12-7)10-13-8(5-11)6-14-10/h2-4,6H,5,11H2,1H3. The minimum Gasteiger partial charge on any atom is -0.325 e. The summed E-state index contributed by atoms with van der Waals surface area (Å²) in [6.07, 6.45) is 1.79. The Labute approximate surface area is 86.6 Å². The molecule has 4 heteroatoms. The minimum absolute atomic E-state index is 0.496. The predicted molar refractivity (Wildman–Crippen MR) is 58.0 cm³/mol. The van der Waals surface area contributed by atoms with E-state index < -0.39 is 0 Å². The maximum absolute atomic E-state index is 5.51. The molecule has 0 aliphatic rings. The van der Waals surface area contributed by atoms with Crippen LogP contribution in [0.15, 0.2) is 23.7 Å². The van der Waals surface area contributed by atoms with E-state index in [9.17, 15) is 0 Å². The number of hydrogen-bond acceptors (Lipinski definition) is 4. The van der Waals surface area contributed by atoms with Gasteiger partial charge in [0.1, 0.15) is 5.01 Å². The zero-order valence-corrected chi connectivity index (χ0v) is 8.71. The molecule has 0 aromatic carbocycles. The van der Waals surface area contributed by atoms with E-state index in [1.807, 2.05) is 24.4 Å². The van der Waals surface area contributed by atoms with Gasteiger partial charge in [0.05, 0.1) is 5.69 Å². The summed E-state index contributed by atoms with van der Waals surface area (Å²) >= 11 is 1.61. The van der Waals surface area contributed by atoms with E-state index in [1.54, 1.807) is 17.5 Å². The quantitative estimate of drug-likeness (QED) is 0.815. The van der Waals surface area contributed by atoms with Crippen LogP contribution < -0.4 is 5.73 Å². The maximum Gasteiger partial charge on any atom is 0.125 e. The Morgan fingerprint density at radius 3 is 3.00 bits per heavy atom. The second-order valence-corrected chi connectivity index (χ2v) is 3.84. The summed E-state index contributed by atoms with van der Waals surface area (Å²) in [5.41, 5.74) is 8.55. The van der Waals surface area contributed by atoms with Crippen molar-refractivity contribution in [3.05, 3.63) is 35.1 Å². The van der Waals surface area contributed by atoms with Crippen molar-refractivity contribution in [3.8, 4) is 10.6 Å². The average molecular weight is 205 g/mol. The number of pyridine rings is 1. The Morgan fingerprint density at radius 2 is 2.36 bits per heavy atom. The predicted octanol–water partition coefficient (Wildman–Crippen LogP) is 1.97. The Kier molecular flexibility index (Phi) is 2.56. The Balaban J connectivity index is 2.44. The number of nitrogens with two attached hydrogens (primary N) is 1. The first-order valence-corrected chi connectivity index (χ1v) is 5.25. The Hall–Kier alpha value is -1.26. The molecule has 72 valence electrons. The molecule has 2 heterocycles. The zero-order chi connectivity index (χ0) is 9.97. The lowest BCUT2D eigenvalue weighted by molar-refractivity contribution is 1.01. The van der Waals surface area contributed by atoms with Crippen molar-refractivity contribution < 1.29 is 0 Å². The molecule has 0 saturated carbocycles. The van der Waals surface area contributed by atoms with Crippen LogP contribution in [0.2, 0.25) is 0 Å². The molecule has 0 bridgehead atoms. The molecular formula is C10H11N3S. The van der Waals surface area contributed by atoms with E-state index in [4.69, 9.17) is 5.73 Å². The highest BCUT2D eigenvalue weighted by molar-refractivity contribution is 7.13. The van der Waals surface area contributed by atoms with Crippen molar-refractivity contribution in [2.24, 2.45) is 5.73 Å². The van der Waals surface area contributed by atoms with Crippen molar-refractivity contribution in [1.29, 1.82) is 0 Å². The summed E-state index contributed by atoms with van der Waals surface area (Å²) in [4.78, 5) is 8.64. The number of aryl methyl sites for hydroxylation is 1. The lowest BCUT2D eigenvalue weighted by Crippen LogP contribution is -1.96. The summed E-state index contributed by atoms with van der Waals surface area (Å²) in [6, 6.07) is 3.95. The molecule has 0 fully saturated rings. The first-order valence-electron chi connectivity index (χ1n) is 4.37. The van der Waals surface area contributed by atoms with Crippen LogP contribution in [0.5, 0.6) is 0 Å². The molecule has 2 aromatic heterocycles. The summed E-state index contributed by atoms with van der Waals surface area (Å²) in [5, 5.41) is 2.98. The molecule has 0 aliphatic carbocycles. The molecule has 2 N–H and O–H groups in total. The fourth-order valence-corrected chi connectivity index (χ4v) is 2.14. The van der Waals surface area contributed by atoms with E-state index in [-0.39, 0.29) is 0 Å². The zero-order valence-electron chi connectivity index (χ0n) is 7.90. The molecule has 0 unspecified atom stereocenters. The van der Waals surface area contributed by atoms with Crippen LogP contribution in [-0.4, -0.2) is 9.97 Å². The lowest BCUT2D eigenvalue weighted by Gasteiger charge is -1.98. The summed E-state index contributed by atoms with van der Waals surface area (Å²) < 4.78 is 0. The fraction of sp³-hybridized carbons (Fsp3) is 0.200. The van der Waals surface area contributed by atoms with Gasteiger partial charge in [0.25, 0.3) is 0 Å². The molecule has 14 heavy (non-hydrogen) atoms. The first kappa shape index (κ1) is 9.30. The van der Waals surface area contributed by atoms with Crippen LogP contribution in [0, 0.1) is 6.92 Å². The monoisotopic (exact) mass is 205 g/mol. The molecule has 3 nitrogen and oxygen atoms in total. The molecule has 0 saturated heterocycles. The lowest BCUT2D eigenvalue weighted by atomic mass is 10.2. The molecule has 0 spiro atoms. The van der Waals surface area contributed by atoms with Crippen LogP contribution >= 0.6 is 11.3 Å². The molecule has 0 atom stereocenters. The van der Waals surface area contributed by atoms with E-state index in [0.717, 1.165) is 22.0 Å². The molecule has 2 rings (SSSR count). The first-order chi connectivity index (χ1) is 6.81. The van der Waals surface area contributed by atoms with Crippen molar-refractivity contribution in [2.45, 2.75) is 13.5 Å². The van der Waals surface area contributed by atoms with Gasteiger partial charge in [-0.3, -0.25) is 4.98 Å². The van der Waals surface area contributed by atoms with E-state index >= 15 is 0 Å². The molecule has 2 aromatic rings. The molecule has 0 radical (unpaired) electrons. The van der Waals surface area contributed by atoms with Gasteiger partial charge in [0, 0.05) is 29.4 Å². The summed E-state index contributed by atoms with van der Waals surface area (Å²) in [6.45, 7) is 2.48. The highest BCUT2D eigenvalue weighted by Crippen LogP contribution is 2.25. The number of hydrogen-bond donors (Lipinski definition) is 1. The van der Waals surface area contributed by atoms with Gasteiger partial charge in [0.2, 0.25) is 0 Å². The van der Waals surface area contributed by atoms with Crippen LogP contribution in [-0.2, 0) is 6.54 Å². The second kappa shape index (κ2) is 3.86. The van der Waals surface area contributed by atoms with Crippen molar-refractivity contribution in [2.75, 3.05) is 0 Å². The Morgan fingerprint density at radius 1 is 1.50 bits per heavy atom. The van der Waals surface area contributed by atoms with Gasteiger partial charge >= 0.3 is 0 Å². The van der Waals surface area contributed by atoms with Gasteiger partial charge in [-0.15, -0.1) is 11.3 Å². The average Bonchev–Trinajstić information content (AvgIpc) is 2.67. The number of aromatic nitrogens is 2. The normalized spacial score (nSPS) is 10.4. The third kappa shape index (κ3) is 1.66. The van der Waals surface area contributed by atoms with Gasteiger partial charge in [-0.05, 0) is 19.1 Å². The number of thiazole rings is 1. The molecular weight excluding hydrogens is 194 g/mol. The van der Waals surface area contributed by atoms with Gasteiger partial charge in [-0.1, -0.05) is 0 Å². The van der Waals surface area contributed by atoms with Crippen LogP contribution in [0.3, 0.4) is 0 Å². The van der Waals surface area contributed by atoms with Crippen LogP contribution in [0.25, 0.3) is 10.6 Å². The topological polar surface area (TPSA) is 51.8 Å². The smallest absolute Gasteiger partial charge is 0.125 e. The maximum atomic E-state index is 5.51. The van der Waals surface area contributed by atoms with Crippen molar-refractivity contribution in [3.63, 3.8) is 0 Å². The summed E-state index contributed by atoms with van der Waals surface area (Å²) in [7, 11) is 0. The van der Waals surface area contributed by atoms with Crippen molar-refractivity contribution >= 4 is 11.3 Å². The Bertz CT molecular complexity index is 436. The van der Waals surface area contributed by atoms with Crippen LogP contribution in [0.4, 0.5) is 0 Å². The minimum atomic E-state index is 0.496. The third-order valence-electron chi connectivity index (χ3n) is 2.00. The van der Waals surface area contributed by atoms with Gasteiger partial charge in [-0.25, -0.2) is 4.98 Å². The largest absolute Gasteiger partial charge is 0.325 e. The molecule has 0 aliphatic heterocycles.